The van der Waals surface area contributed by atoms with Gasteiger partial charge in [0, 0.05) is 17.5 Å². The molecule has 3 aromatic carbocycles. The van der Waals surface area contributed by atoms with Crippen LogP contribution in [0.25, 0.3) is 0 Å². The Bertz CT molecular complexity index is 1000. The molecule has 0 spiro atoms. The minimum atomic E-state index is -0.238. The van der Waals surface area contributed by atoms with Crippen molar-refractivity contribution in [2.45, 2.75) is 25.6 Å². The molecule has 4 nitrogen and oxygen atoms in total. The summed E-state index contributed by atoms with van der Waals surface area (Å²) in [5.41, 5.74) is 4.48. The summed E-state index contributed by atoms with van der Waals surface area (Å²) in [4.78, 5) is 0. The van der Waals surface area contributed by atoms with E-state index in [9.17, 15) is 0 Å². The second-order valence-electron chi connectivity index (χ2n) is 7.03. The lowest BCUT2D eigenvalue weighted by Gasteiger charge is -2.38. The van der Waals surface area contributed by atoms with Gasteiger partial charge in [-0.2, -0.15) is 5.10 Å². The lowest BCUT2D eigenvalue weighted by atomic mass is 9.95. The fourth-order valence-corrected chi connectivity index (χ4v) is 3.96. The van der Waals surface area contributed by atoms with E-state index in [-0.39, 0.29) is 12.3 Å². The summed E-state index contributed by atoms with van der Waals surface area (Å²) in [6.07, 6.45) is 0.608. The van der Waals surface area contributed by atoms with E-state index in [0.717, 1.165) is 40.3 Å². The highest BCUT2D eigenvalue weighted by molar-refractivity contribution is 6.01. The summed E-state index contributed by atoms with van der Waals surface area (Å²) in [5, 5.41) is 7.10. The van der Waals surface area contributed by atoms with Crippen LogP contribution in [0.4, 0.5) is 0 Å². The van der Waals surface area contributed by atoms with Crippen LogP contribution in [0.3, 0.4) is 0 Å². The molecule has 5 rings (SSSR count). The van der Waals surface area contributed by atoms with Crippen molar-refractivity contribution < 1.29 is 9.47 Å². The fraction of sp³-hybridized carbons (Fsp3) is 0.208. The minimum Gasteiger partial charge on any atom is -0.494 e. The number of hydrazone groups is 1. The number of benzene rings is 3. The molecule has 2 atom stereocenters. The third-order valence-corrected chi connectivity index (χ3v) is 5.26. The van der Waals surface area contributed by atoms with Gasteiger partial charge in [-0.1, -0.05) is 60.7 Å². The van der Waals surface area contributed by atoms with Crippen LogP contribution in [0.1, 0.15) is 42.3 Å². The first-order valence-electron chi connectivity index (χ1n) is 9.73. The normalized spacial score (nSPS) is 20.0. The second-order valence-corrected chi connectivity index (χ2v) is 7.03. The Kier molecular flexibility index (Phi) is 4.24. The Balaban J connectivity index is 1.59. The number of hydrogen-bond donors (Lipinski definition) is 0. The molecule has 0 bridgehead atoms. The van der Waals surface area contributed by atoms with Crippen LogP contribution in [0.2, 0.25) is 0 Å². The van der Waals surface area contributed by atoms with Crippen molar-refractivity contribution in [3.63, 3.8) is 0 Å². The SMILES string of the molecule is CCOc1ccc2c(c1)C1CC(c3ccccc3)=NN1C(c1ccccc1)O2. The molecular weight excluding hydrogens is 348 g/mol. The van der Waals surface area contributed by atoms with Gasteiger partial charge in [-0.05, 0) is 30.7 Å². The average molecular weight is 370 g/mol. The van der Waals surface area contributed by atoms with Crippen LogP contribution < -0.4 is 9.47 Å². The summed E-state index contributed by atoms with van der Waals surface area (Å²) >= 11 is 0. The van der Waals surface area contributed by atoms with Gasteiger partial charge in [0.1, 0.15) is 11.5 Å². The zero-order valence-electron chi connectivity index (χ0n) is 15.8. The number of nitrogens with zero attached hydrogens (tertiary/aromatic N) is 2. The van der Waals surface area contributed by atoms with Crippen LogP contribution in [-0.2, 0) is 0 Å². The standard InChI is InChI=1S/C24H22N2O2/c1-2-27-19-13-14-23-20(15-19)22-16-21(17-9-5-3-6-10-17)25-26(22)24(28-23)18-11-7-4-8-12-18/h3-15,22,24H,2,16H2,1H3. The van der Waals surface area contributed by atoms with Crippen LogP contribution >= 0.6 is 0 Å². The zero-order chi connectivity index (χ0) is 18.9. The highest BCUT2D eigenvalue weighted by Gasteiger charge is 2.41. The van der Waals surface area contributed by atoms with Gasteiger partial charge in [0.25, 0.3) is 0 Å². The number of rotatable bonds is 4. The molecule has 0 saturated carbocycles. The summed E-state index contributed by atoms with van der Waals surface area (Å²) in [5.74, 6) is 1.78. The van der Waals surface area contributed by atoms with Crippen molar-refractivity contribution in [1.29, 1.82) is 0 Å². The van der Waals surface area contributed by atoms with Gasteiger partial charge in [0.15, 0.2) is 0 Å². The summed E-state index contributed by atoms with van der Waals surface area (Å²) in [6, 6.07) is 26.9. The third-order valence-electron chi connectivity index (χ3n) is 5.26. The van der Waals surface area contributed by atoms with E-state index in [2.05, 4.69) is 47.5 Å². The molecule has 0 fully saturated rings. The van der Waals surface area contributed by atoms with Crippen molar-refractivity contribution >= 4 is 5.71 Å². The second kappa shape index (κ2) is 7.04. The quantitative estimate of drug-likeness (QED) is 0.623. The van der Waals surface area contributed by atoms with Crippen molar-refractivity contribution in [1.82, 2.24) is 5.01 Å². The maximum absolute atomic E-state index is 6.41. The van der Waals surface area contributed by atoms with E-state index in [4.69, 9.17) is 14.6 Å². The molecule has 2 heterocycles. The summed E-state index contributed by atoms with van der Waals surface area (Å²) in [6.45, 7) is 2.65. The molecule has 0 aliphatic carbocycles. The van der Waals surface area contributed by atoms with Crippen molar-refractivity contribution in [3.8, 4) is 11.5 Å². The molecule has 0 saturated heterocycles. The summed E-state index contributed by atoms with van der Waals surface area (Å²) < 4.78 is 12.1. The van der Waals surface area contributed by atoms with Crippen molar-refractivity contribution in [2.75, 3.05) is 6.61 Å². The Morgan fingerprint density at radius 2 is 1.75 bits per heavy atom. The molecular formula is C24H22N2O2. The van der Waals surface area contributed by atoms with Crippen LogP contribution in [0.15, 0.2) is 84.0 Å². The molecule has 2 aliphatic heterocycles. The zero-order valence-corrected chi connectivity index (χ0v) is 15.8. The minimum absolute atomic E-state index is 0.129. The molecule has 0 amide bonds. The fourth-order valence-electron chi connectivity index (χ4n) is 3.96. The third kappa shape index (κ3) is 2.91. The first kappa shape index (κ1) is 16.9. The first-order chi connectivity index (χ1) is 13.8. The number of fused-ring (bicyclic) bond motifs is 3. The van der Waals surface area contributed by atoms with Gasteiger partial charge in [0.05, 0.1) is 18.4 Å². The maximum Gasteiger partial charge on any atom is 0.213 e. The maximum atomic E-state index is 6.41. The van der Waals surface area contributed by atoms with Gasteiger partial charge in [-0.15, -0.1) is 0 Å². The molecule has 0 N–H and O–H groups in total. The van der Waals surface area contributed by atoms with Crippen molar-refractivity contribution in [3.05, 3.63) is 95.6 Å². The largest absolute Gasteiger partial charge is 0.494 e. The predicted octanol–water partition coefficient (Wildman–Crippen LogP) is 5.33. The van der Waals surface area contributed by atoms with E-state index in [1.165, 1.54) is 0 Å². The van der Waals surface area contributed by atoms with Gasteiger partial charge >= 0.3 is 0 Å². The van der Waals surface area contributed by atoms with E-state index >= 15 is 0 Å². The van der Waals surface area contributed by atoms with Crippen molar-refractivity contribution in [2.24, 2.45) is 5.10 Å². The van der Waals surface area contributed by atoms with Gasteiger partial charge < -0.3 is 9.47 Å². The average Bonchev–Trinajstić information content (AvgIpc) is 3.21. The molecule has 2 aliphatic rings. The number of ether oxygens (including phenoxy) is 2. The van der Waals surface area contributed by atoms with Gasteiger partial charge in [-0.3, -0.25) is 0 Å². The highest BCUT2D eigenvalue weighted by Crippen LogP contribution is 2.48. The van der Waals surface area contributed by atoms with E-state index in [0.29, 0.717) is 6.61 Å². The highest BCUT2D eigenvalue weighted by atomic mass is 16.5. The molecule has 2 unspecified atom stereocenters. The Labute approximate surface area is 165 Å². The Morgan fingerprint density at radius 3 is 2.50 bits per heavy atom. The van der Waals surface area contributed by atoms with E-state index in [1.54, 1.807) is 0 Å². The molecule has 140 valence electrons. The Hall–Kier alpha value is -3.27. The van der Waals surface area contributed by atoms with Gasteiger partial charge in [-0.25, -0.2) is 5.01 Å². The lowest BCUT2D eigenvalue weighted by Crippen LogP contribution is -2.33. The summed E-state index contributed by atoms with van der Waals surface area (Å²) in [7, 11) is 0. The predicted molar refractivity (Wildman–Crippen MR) is 110 cm³/mol. The molecule has 0 radical (unpaired) electrons. The first-order valence-corrected chi connectivity index (χ1v) is 9.73. The topological polar surface area (TPSA) is 34.1 Å². The van der Waals surface area contributed by atoms with Crippen LogP contribution in [-0.4, -0.2) is 17.3 Å². The monoisotopic (exact) mass is 370 g/mol. The smallest absolute Gasteiger partial charge is 0.213 e. The Morgan fingerprint density at radius 1 is 1.00 bits per heavy atom. The van der Waals surface area contributed by atoms with Gasteiger partial charge in [0.2, 0.25) is 6.23 Å². The molecule has 4 heteroatoms. The van der Waals surface area contributed by atoms with Crippen LogP contribution in [0.5, 0.6) is 11.5 Å². The molecule has 0 aromatic heterocycles. The molecule has 3 aromatic rings. The molecule has 28 heavy (non-hydrogen) atoms. The van der Waals surface area contributed by atoms with Crippen LogP contribution in [0, 0.1) is 0 Å². The lowest BCUT2D eigenvalue weighted by molar-refractivity contribution is -0.0191. The number of hydrogen-bond acceptors (Lipinski definition) is 4. The van der Waals surface area contributed by atoms with E-state index in [1.807, 2.05) is 43.3 Å². The van der Waals surface area contributed by atoms with E-state index < -0.39 is 0 Å².